The van der Waals surface area contributed by atoms with Gasteiger partial charge in [-0.3, -0.25) is 0 Å². The summed E-state index contributed by atoms with van der Waals surface area (Å²) >= 11 is 0. The molecule has 0 heterocycles. The lowest BCUT2D eigenvalue weighted by molar-refractivity contribution is 0.0822. The highest BCUT2D eigenvalue weighted by Crippen LogP contribution is 2.22. The van der Waals surface area contributed by atoms with Crippen molar-refractivity contribution >= 4 is 12.4 Å². The van der Waals surface area contributed by atoms with Crippen molar-refractivity contribution in [3.8, 4) is 11.5 Å². The fourth-order valence-corrected chi connectivity index (χ4v) is 1.19. The third-order valence-electron chi connectivity index (χ3n) is 1.93. The van der Waals surface area contributed by atoms with Crippen molar-refractivity contribution in [1.82, 2.24) is 0 Å². The van der Waals surface area contributed by atoms with Crippen molar-refractivity contribution in [2.45, 2.75) is 6.43 Å². The van der Waals surface area contributed by atoms with Crippen LogP contribution in [0.25, 0.3) is 0 Å². The Bertz CT molecular complexity index is 380. The van der Waals surface area contributed by atoms with Crippen LogP contribution in [-0.4, -0.2) is 27.1 Å². The number of methoxy groups -OCH3 is 1. The van der Waals surface area contributed by atoms with Gasteiger partial charge in [0.1, 0.15) is 12.4 Å². The predicted molar refractivity (Wildman–Crippen MR) is 53.2 cm³/mol. The normalized spacial score (nSPS) is 11.7. The van der Waals surface area contributed by atoms with E-state index < -0.39 is 31.2 Å². The predicted octanol–water partition coefficient (Wildman–Crippen LogP) is 2.39. The number of hydrogen-bond donors (Lipinski definition) is 0. The minimum Gasteiger partial charge on any atom is -0.497 e. The average Bonchev–Trinajstić information content (AvgIpc) is 2.24. The summed E-state index contributed by atoms with van der Waals surface area (Å²) in [6.07, 6.45) is -2.83. The van der Waals surface area contributed by atoms with Crippen LogP contribution in [0.15, 0.2) is 18.2 Å². The molecule has 0 aliphatic heterocycles. The second kappa shape index (κ2) is 5.24. The summed E-state index contributed by atoms with van der Waals surface area (Å²) in [5.41, 5.74) is -1.08. The van der Waals surface area contributed by atoms with Crippen LogP contribution in [0.2, 0.25) is 0 Å². The van der Waals surface area contributed by atoms with Crippen LogP contribution in [0.1, 0.15) is 0 Å². The summed E-state index contributed by atoms with van der Waals surface area (Å²) in [7, 11) is 1.21. The Morgan fingerprint density at radius 2 is 1.88 bits per heavy atom. The molecule has 0 aliphatic carbocycles. The highest BCUT2D eigenvalue weighted by Gasteiger charge is 2.30. The number of halogens is 5. The molecule has 1 aromatic rings. The molecule has 0 saturated heterocycles. The number of benzene rings is 1. The van der Waals surface area contributed by atoms with E-state index in [2.05, 4.69) is 9.47 Å². The Balaban J connectivity index is 3.03. The maximum atomic E-state index is 12.6. The Morgan fingerprint density at radius 1 is 1.24 bits per heavy atom. The van der Waals surface area contributed by atoms with Gasteiger partial charge in [-0.05, 0) is 18.2 Å². The lowest BCUT2D eigenvalue weighted by Gasteiger charge is -2.20. The first-order chi connectivity index (χ1) is 7.84. The molecule has 0 amide bonds. The molecular formula is C9H9BF5O2-. The molecule has 0 radical (unpaired) electrons. The van der Waals surface area contributed by atoms with Crippen molar-refractivity contribution in [2.24, 2.45) is 0 Å². The van der Waals surface area contributed by atoms with E-state index in [0.717, 1.165) is 12.1 Å². The molecule has 0 aliphatic rings. The van der Waals surface area contributed by atoms with Crippen molar-refractivity contribution < 1.29 is 31.2 Å². The van der Waals surface area contributed by atoms with Crippen molar-refractivity contribution in [1.29, 1.82) is 0 Å². The van der Waals surface area contributed by atoms with E-state index in [4.69, 9.17) is 0 Å². The van der Waals surface area contributed by atoms with E-state index in [1.54, 1.807) is 0 Å². The second-order valence-corrected chi connectivity index (χ2v) is 3.18. The minimum atomic E-state index is -5.35. The van der Waals surface area contributed by atoms with E-state index in [0.29, 0.717) is 0 Å². The van der Waals surface area contributed by atoms with Crippen LogP contribution in [0.4, 0.5) is 21.7 Å². The summed E-state index contributed by atoms with van der Waals surface area (Å²) in [5, 5.41) is 0. The fourth-order valence-electron chi connectivity index (χ4n) is 1.19. The molecule has 0 N–H and O–H groups in total. The van der Waals surface area contributed by atoms with Gasteiger partial charge in [0, 0.05) is 0 Å². The molecule has 0 atom stereocenters. The topological polar surface area (TPSA) is 18.5 Å². The first-order valence-corrected chi connectivity index (χ1v) is 4.63. The first kappa shape index (κ1) is 13.6. The summed E-state index contributed by atoms with van der Waals surface area (Å²) in [4.78, 5) is 0. The summed E-state index contributed by atoms with van der Waals surface area (Å²) < 4.78 is 70.7. The maximum absolute atomic E-state index is 12.6. The zero-order valence-electron chi connectivity index (χ0n) is 8.80. The lowest BCUT2D eigenvalue weighted by atomic mass is 9.79. The first-order valence-electron chi connectivity index (χ1n) is 4.63. The number of ether oxygens (including phenoxy) is 2. The van der Waals surface area contributed by atoms with Crippen LogP contribution >= 0.6 is 0 Å². The number of hydrogen-bond acceptors (Lipinski definition) is 2. The molecule has 8 heteroatoms. The lowest BCUT2D eigenvalue weighted by Crippen LogP contribution is -2.35. The van der Waals surface area contributed by atoms with Gasteiger partial charge in [-0.1, -0.05) is 5.46 Å². The molecule has 17 heavy (non-hydrogen) atoms. The van der Waals surface area contributed by atoms with Gasteiger partial charge in [-0.2, -0.15) is 0 Å². The van der Waals surface area contributed by atoms with E-state index in [9.17, 15) is 21.7 Å². The van der Waals surface area contributed by atoms with Crippen LogP contribution in [0.5, 0.6) is 11.5 Å². The molecule has 0 saturated carbocycles. The van der Waals surface area contributed by atoms with E-state index in [1.807, 2.05) is 0 Å². The molecule has 96 valence electrons. The van der Waals surface area contributed by atoms with Crippen LogP contribution in [0.3, 0.4) is 0 Å². The highest BCUT2D eigenvalue weighted by atomic mass is 19.4. The Hall–Kier alpha value is -1.47. The standard InChI is InChI=1S/C9H9BF5O2/c1-16-6-2-3-8(17-5-9(11)12)7(4-6)10(13,14)15/h2-4,9H,5H2,1H3/q-1. The Labute approximate surface area is 94.4 Å². The van der Waals surface area contributed by atoms with Crippen molar-refractivity contribution in [3.63, 3.8) is 0 Å². The monoisotopic (exact) mass is 255 g/mol. The zero-order valence-corrected chi connectivity index (χ0v) is 8.80. The van der Waals surface area contributed by atoms with Gasteiger partial charge in [-0.15, -0.1) is 0 Å². The molecule has 0 fully saturated rings. The molecule has 0 bridgehead atoms. The quantitative estimate of drug-likeness (QED) is 0.594. The van der Waals surface area contributed by atoms with Gasteiger partial charge >= 0.3 is 6.98 Å². The smallest absolute Gasteiger partial charge is 0.497 e. The van der Waals surface area contributed by atoms with Crippen LogP contribution in [-0.2, 0) is 0 Å². The van der Waals surface area contributed by atoms with Crippen LogP contribution in [0, 0.1) is 0 Å². The third kappa shape index (κ3) is 3.79. The van der Waals surface area contributed by atoms with Gasteiger partial charge in [0.15, 0.2) is 0 Å². The third-order valence-corrected chi connectivity index (χ3v) is 1.93. The van der Waals surface area contributed by atoms with Gasteiger partial charge in [0.2, 0.25) is 0 Å². The molecular weight excluding hydrogens is 246 g/mol. The Kier molecular flexibility index (Phi) is 4.19. The SMILES string of the molecule is COc1ccc(OCC(F)F)c([B-](F)(F)F)c1. The van der Waals surface area contributed by atoms with Crippen molar-refractivity contribution in [2.75, 3.05) is 13.7 Å². The number of alkyl halides is 2. The van der Waals surface area contributed by atoms with Crippen molar-refractivity contribution in [3.05, 3.63) is 18.2 Å². The molecule has 0 aromatic heterocycles. The molecule has 0 spiro atoms. The molecule has 0 unspecified atom stereocenters. The number of rotatable bonds is 5. The van der Waals surface area contributed by atoms with Gasteiger partial charge in [0.05, 0.1) is 12.9 Å². The second-order valence-electron chi connectivity index (χ2n) is 3.18. The minimum absolute atomic E-state index is 0.0106. The molecule has 2 nitrogen and oxygen atoms in total. The van der Waals surface area contributed by atoms with Gasteiger partial charge < -0.3 is 22.4 Å². The summed E-state index contributed by atoms with van der Waals surface area (Å²) in [6, 6.07) is 2.90. The van der Waals surface area contributed by atoms with Gasteiger partial charge in [-0.25, -0.2) is 8.78 Å². The van der Waals surface area contributed by atoms with Crippen LogP contribution < -0.4 is 14.9 Å². The van der Waals surface area contributed by atoms with E-state index >= 15 is 0 Å². The zero-order chi connectivity index (χ0) is 13.1. The fraction of sp³-hybridized carbons (Fsp3) is 0.333. The Morgan fingerprint density at radius 3 is 2.35 bits per heavy atom. The van der Waals surface area contributed by atoms with E-state index in [1.165, 1.54) is 13.2 Å². The largest absolute Gasteiger partial charge is 0.513 e. The molecule has 1 aromatic carbocycles. The maximum Gasteiger partial charge on any atom is 0.513 e. The van der Waals surface area contributed by atoms with E-state index in [-0.39, 0.29) is 5.75 Å². The molecule has 1 rings (SSSR count). The van der Waals surface area contributed by atoms with Gasteiger partial charge in [0.25, 0.3) is 6.43 Å². The summed E-state index contributed by atoms with van der Waals surface area (Å²) in [5.74, 6) is -0.623. The highest BCUT2D eigenvalue weighted by molar-refractivity contribution is 6.74. The summed E-state index contributed by atoms with van der Waals surface area (Å²) in [6.45, 7) is -6.42. The average molecular weight is 255 g/mol.